The molecule has 334 valence electrons. The first-order chi connectivity index (χ1) is 35.7. The molecule has 5 heteroatoms. The Bertz CT molecular complexity index is 4700. The zero-order chi connectivity index (χ0) is 47.3. The third kappa shape index (κ3) is 6.31. The quantitative estimate of drug-likeness (QED) is 0.167. The van der Waals surface area contributed by atoms with Gasteiger partial charge in [0, 0.05) is 55.0 Å². The first-order valence-electron chi connectivity index (χ1n) is 24.5. The molecule has 0 atom stereocenters. The van der Waals surface area contributed by atoms with Gasteiger partial charge >= 0.3 is 0 Å². The van der Waals surface area contributed by atoms with Crippen LogP contribution < -0.4 is 0 Å². The van der Waals surface area contributed by atoms with E-state index in [0.717, 1.165) is 66.4 Å². The lowest BCUT2D eigenvalue weighted by atomic mass is 9.99. The number of hydrogen-bond acceptors (Lipinski definition) is 3. The largest absolute Gasteiger partial charge is 0.309 e. The van der Waals surface area contributed by atoms with Crippen molar-refractivity contribution in [3.63, 3.8) is 0 Å². The van der Waals surface area contributed by atoms with Gasteiger partial charge in [-0.05, 0) is 97.4 Å². The van der Waals surface area contributed by atoms with Gasteiger partial charge < -0.3 is 9.13 Å². The third-order valence-corrected chi connectivity index (χ3v) is 14.7. The van der Waals surface area contributed by atoms with Crippen molar-refractivity contribution in [2.75, 3.05) is 0 Å². The fraction of sp³-hybridized carbons (Fsp3) is 0. The standard InChI is InChI=1S/C67H41N5/c1-2-16-43(17-3-1)52-23-10-11-26-57(52)66-68-65(49-30-29-42-15-4-5-19-46(42)37-49)69-67(70-66)58-27-14-22-45-31-33-50(40-59(45)58)71-62-39-48-21-7-6-20-47(48)38-60(62)55-36-34-51(41-63(55)71)72-61-28-13-12-25-54(61)56-35-32-44-18-8-9-24-53(44)64(56)72/h1-41H. The summed E-state index contributed by atoms with van der Waals surface area (Å²) in [6.07, 6.45) is 0. The molecule has 0 radical (unpaired) electrons. The molecular formula is C67H41N5. The molecule has 15 rings (SSSR count). The molecule has 15 aromatic rings. The maximum Gasteiger partial charge on any atom is 0.164 e. The Morgan fingerprint density at radius 3 is 1.62 bits per heavy atom. The van der Waals surface area contributed by atoms with Gasteiger partial charge in [-0.2, -0.15) is 0 Å². The van der Waals surface area contributed by atoms with Crippen molar-refractivity contribution in [2.24, 2.45) is 0 Å². The summed E-state index contributed by atoms with van der Waals surface area (Å²) in [5, 5.41) is 14.2. The molecule has 5 nitrogen and oxygen atoms in total. The van der Waals surface area contributed by atoms with E-state index in [9.17, 15) is 0 Å². The number of rotatable bonds is 6. The zero-order valence-electron chi connectivity index (χ0n) is 38.9. The molecule has 0 fully saturated rings. The van der Waals surface area contributed by atoms with Gasteiger partial charge in [0.15, 0.2) is 17.5 Å². The molecule has 0 aliphatic heterocycles. The fourth-order valence-electron chi connectivity index (χ4n) is 11.3. The molecule has 0 aliphatic rings. The summed E-state index contributed by atoms with van der Waals surface area (Å²) in [7, 11) is 0. The van der Waals surface area contributed by atoms with Crippen LogP contribution in [0.3, 0.4) is 0 Å². The summed E-state index contributed by atoms with van der Waals surface area (Å²) in [6, 6.07) is 89.5. The van der Waals surface area contributed by atoms with Gasteiger partial charge in [0.2, 0.25) is 0 Å². The maximum absolute atomic E-state index is 5.40. The van der Waals surface area contributed by atoms with E-state index in [1.54, 1.807) is 0 Å². The van der Waals surface area contributed by atoms with Crippen LogP contribution in [-0.4, -0.2) is 24.1 Å². The Kier molecular flexibility index (Phi) is 8.89. The minimum Gasteiger partial charge on any atom is -0.309 e. The first kappa shape index (κ1) is 40.2. The lowest BCUT2D eigenvalue weighted by molar-refractivity contribution is 1.08. The van der Waals surface area contributed by atoms with Crippen molar-refractivity contribution in [3.05, 3.63) is 249 Å². The lowest BCUT2D eigenvalue weighted by Gasteiger charge is -2.15. The van der Waals surface area contributed by atoms with E-state index in [1.807, 2.05) is 6.07 Å². The Labute approximate surface area is 414 Å². The zero-order valence-corrected chi connectivity index (χ0v) is 38.9. The van der Waals surface area contributed by atoms with Crippen LogP contribution in [0.4, 0.5) is 0 Å². The van der Waals surface area contributed by atoms with Crippen LogP contribution >= 0.6 is 0 Å². The highest BCUT2D eigenvalue weighted by atomic mass is 15.0. The van der Waals surface area contributed by atoms with Crippen molar-refractivity contribution < 1.29 is 0 Å². The Hall–Kier alpha value is -9.71. The van der Waals surface area contributed by atoms with Crippen LogP contribution in [0, 0.1) is 0 Å². The van der Waals surface area contributed by atoms with E-state index < -0.39 is 0 Å². The Morgan fingerprint density at radius 2 is 0.778 bits per heavy atom. The molecule has 0 saturated heterocycles. The predicted molar refractivity (Wildman–Crippen MR) is 300 cm³/mol. The third-order valence-electron chi connectivity index (χ3n) is 14.7. The lowest BCUT2D eigenvalue weighted by Crippen LogP contribution is -2.02. The number of benzene rings is 12. The van der Waals surface area contributed by atoms with Crippen molar-refractivity contribution in [3.8, 4) is 56.7 Å². The highest BCUT2D eigenvalue weighted by Crippen LogP contribution is 2.42. The van der Waals surface area contributed by atoms with Crippen molar-refractivity contribution in [2.45, 2.75) is 0 Å². The molecule has 0 amide bonds. The van der Waals surface area contributed by atoms with E-state index in [1.165, 1.54) is 59.5 Å². The predicted octanol–water partition coefficient (Wildman–Crippen LogP) is 17.3. The van der Waals surface area contributed by atoms with Gasteiger partial charge in [-0.25, -0.2) is 15.0 Å². The minimum absolute atomic E-state index is 0.614. The van der Waals surface area contributed by atoms with Crippen LogP contribution in [0.25, 0.3) is 143 Å². The second-order valence-electron chi connectivity index (χ2n) is 18.8. The number of para-hydroxylation sites is 1. The average molecular weight is 916 g/mol. The molecule has 0 bridgehead atoms. The highest BCUT2D eigenvalue weighted by Gasteiger charge is 2.21. The van der Waals surface area contributed by atoms with Crippen LogP contribution in [0.2, 0.25) is 0 Å². The molecule has 0 aliphatic carbocycles. The molecular weight excluding hydrogens is 875 g/mol. The van der Waals surface area contributed by atoms with Crippen LogP contribution in [0.15, 0.2) is 249 Å². The molecule has 0 unspecified atom stereocenters. The monoisotopic (exact) mass is 915 g/mol. The van der Waals surface area contributed by atoms with E-state index in [0.29, 0.717) is 17.5 Å². The molecule has 0 spiro atoms. The second kappa shape index (κ2) is 15.9. The van der Waals surface area contributed by atoms with E-state index in [4.69, 9.17) is 15.0 Å². The normalized spacial score (nSPS) is 11.9. The molecule has 72 heavy (non-hydrogen) atoms. The van der Waals surface area contributed by atoms with Crippen molar-refractivity contribution in [1.29, 1.82) is 0 Å². The van der Waals surface area contributed by atoms with Crippen LogP contribution in [0.5, 0.6) is 0 Å². The maximum atomic E-state index is 5.40. The Morgan fingerprint density at radius 1 is 0.236 bits per heavy atom. The second-order valence-corrected chi connectivity index (χ2v) is 18.8. The van der Waals surface area contributed by atoms with E-state index in [2.05, 4.69) is 252 Å². The van der Waals surface area contributed by atoms with Gasteiger partial charge in [-0.1, -0.05) is 200 Å². The van der Waals surface area contributed by atoms with Gasteiger partial charge in [0.05, 0.1) is 22.1 Å². The molecule has 3 heterocycles. The minimum atomic E-state index is 0.614. The smallest absolute Gasteiger partial charge is 0.164 e. The summed E-state index contributed by atoms with van der Waals surface area (Å²) in [5.41, 5.74) is 11.8. The molecule has 3 aromatic heterocycles. The SMILES string of the molecule is c1ccc(-c2ccccc2-c2nc(-c3ccc4ccccc4c3)nc(-c3cccc4ccc(-n5c6cc(-n7c8ccccc8c8ccc9ccccc9c87)ccc6c6cc7ccccc7cc65)cc34)n2)cc1. The summed E-state index contributed by atoms with van der Waals surface area (Å²) in [6.45, 7) is 0. The number of nitrogens with zero attached hydrogens (tertiary/aromatic N) is 5. The fourth-order valence-corrected chi connectivity index (χ4v) is 11.3. The number of aromatic nitrogens is 5. The van der Waals surface area contributed by atoms with Crippen molar-refractivity contribution >= 4 is 86.7 Å². The summed E-state index contributed by atoms with van der Waals surface area (Å²) < 4.78 is 4.92. The van der Waals surface area contributed by atoms with Crippen molar-refractivity contribution in [1.82, 2.24) is 24.1 Å². The molecule has 0 N–H and O–H groups in total. The topological polar surface area (TPSA) is 48.5 Å². The van der Waals surface area contributed by atoms with E-state index in [-0.39, 0.29) is 0 Å². The van der Waals surface area contributed by atoms with Gasteiger partial charge in [0.25, 0.3) is 0 Å². The summed E-state index contributed by atoms with van der Waals surface area (Å²) in [5.74, 6) is 1.86. The van der Waals surface area contributed by atoms with E-state index >= 15 is 0 Å². The van der Waals surface area contributed by atoms with Gasteiger partial charge in [-0.3, -0.25) is 0 Å². The van der Waals surface area contributed by atoms with Gasteiger partial charge in [0.1, 0.15) is 0 Å². The summed E-state index contributed by atoms with van der Waals surface area (Å²) in [4.78, 5) is 16.0. The Balaban J connectivity index is 0.981. The van der Waals surface area contributed by atoms with Crippen LogP contribution in [-0.2, 0) is 0 Å². The van der Waals surface area contributed by atoms with Gasteiger partial charge in [-0.15, -0.1) is 0 Å². The van der Waals surface area contributed by atoms with Crippen LogP contribution in [0.1, 0.15) is 0 Å². The summed E-state index contributed by atoms with van der Waals surface area (Å²) >= 11 is 0. The molecule has 12 aromatic carbocycles. The number of hydrogen-bond donors (Lipinski definition) is 0. The average Bonchev–Trinajstić information content (AvgIpc) is 3.96. The first-order valence-corrected chi connectivity index (χ1v) is 24.5. The molecule has 0 saturated carbocycles. The number of fused-ring (bicyclic) bond motifs is 11. The highest BCUT2D eigenvalue weighted by molar-refractivity contribution is 6.19.